The molecule has 0 saturated carbocycles. The van der Waals surface area contributed by atoms with E-state index in [9.17, 15) is 12.8 Å². The van der Waals surface area contributed by atoms with Gasteiger partial charge in [-0.15, -0.1) is 0 Å². The summed E-state index contributed by atoms with van der Waals surface area (Å²) in [6.45, 7) is 2.13. The van der Waals surface area contributed by atoms with Crippen molar-refractivity contribution in [3.8, 4) is 0 Å². The molecule has 2 rings (SSSR count). The molecule has 1 saturated heterocycles. The standard InChI is InChI=1S/C14H20FNO4S/c1-10-6-13(4-5-14(10)15)21(17,18)16-8-12(20-3)7-11(16)9-19-2/h4-6,11-12H,7-9H2,1-3H3/t11-,12-/m0/s1. The molecule has 0 spiro atoms. The Hall–Kier alpha value is -1.02. The first-order valence-electron chi connectivity index (χ1n) is 6.70. The molecule has 0 amide bonds. The Balaban J connectivity index is 2.34. The van der Waals surface area contributed by atoms with Crippen LogP contribution in [-0.4, -0.2) is 52.2 Å². The maximum absolute atomic E-state index is 13.3. The molecule has 0 radical (unpaired) electrons. The van der Waals surface area contributed by atoms with E-state index in [2.05, 4.69) is 0 Å². The van der Waals surface area contributed by atoms with Gasteiger partial charge < -0.3 is 9.47 Å². The quantitative estimate of drug-likeness (QED) is 0.827. The number of hydrogen-bond acceptors (Lipinski definition) is 4. The number of halogens is 1. The average molecular weight is 317 g/mol. The lowest BCUT2D eigenvalue weighted by atomic mass is 10.2. The van der Waals surface area contributed by atoms with Gasteiger partial charge in [-0.3, -0.25) is 0 Å². The molecule has 0 aromatic heterocycles. The van der Waals surface area contributed by atoms with Crippen LogP contribution in [0.5, 0.6) is 0 Å². The van der Waals surface area contributed by atoms with E-state index in [1.165, 1.54) is 29.6 Å². The Labute approximate surface area is 124 Å². The van der Waals surface area contributed by atoms with Crippen molar-refractivity contribution in [3.05, 3.63) is 29.6 Å². The van der Waals surface area contributed by atoms with Crippen LogP contribution < -0.4 is 0 Å². The predicted molar refractivity (Wildman–Crippen MR) is 76.1 cm³/mol. The second-order valence-corrected chi connectivity index (χ2v) is 7.08. The van der Waals surface area contributed by atoms with Gasteiger partial charge in [0.1, 0.15) is 5.82 Å². The molecule has 1 aliphatic rings. The van der Waals surface area contributed by atoms with Crippen LogP contribution in [0.3, 0.4) is 0 Å². The Kier molecular flexibility index (Phi) is 4.98. The molecule has 0 aliphatic carbocycles. The molecule has 1 aliphatic heterocycles. The van der Waals surface area contributed by atoms with E-state index in [-0.39, 0.29) is 23.6 Å². The molecule has 2 atom stereocenters. The van der Waals surface area contributed by atoms with E-state index in [4.69, 9.17) is 9.47 Å². The summed E-state index contributed by atoms with van der Waals surface area (Å²) in [4.78, 5) is 0.0965. The lowest BCUT2D eigenvalue weighted by molar-refractivity contribution is 0.110. The highest BCUT2D eigenvalue weighted by atomic mass is 32.2. The average Bonchev–Trinajstić information content (AvgIpc) is 2.86. The second-order valence-electron chi connectivity index (χ2n) is 5.19. The summed E-state index contributed by atoms with van der Waals surface area (Å²) in [5.74, 6) is -0.418. The molecular formula is C14H20FNO4S. The van der Waals surface area contributed by atoms with Gasteiger partial charge in [0, 0.05) is 20.8 Å². The topological polar surface area (TPSA) is 55.8 Å². The predicted octanol–water partition coefficient (Wildman–Crippen LogP) is 1.56. The number of hydrogen-bond donors (Lipinski definition) is 0. The SMILES string of the molecule is COC[C@@H]1C[C@H](OC)CN1S(=O)(=O)c1ccc(F)c(C)c1. The lowest BCUT2D eigenvalue weighted by Gasteiger charge is -2.23. The zero-order valence-electron chi connectivity index (χ0n) is 12.4. The van der Waals surface area contributed by atoms with Crippen LogP contribution in [0.2, 0.25) is 0 Å². The molecule has 5 nitrogen and oxygen atoms in total. The number of ether oxygens (including phenoxy) is 2. The van der Waals surface area contributed by atoms with Gasteiger partial charge >= 0.3 is 0 Å². The third-order valence-corrected chi connectivity index (χ3v) is 5.67. The molecule has 21 heavy (non-hydrogen) atoms. The van der Waals surface area contributed by atoms with E-state index in [0.717, 1.165) is 0 Å². The van der Waals surface area contributed by atoms with Crippen molar-refractivity contribution in [1.82, 2.24) is 4.31 Å². The summed E-state index contributed by atoms with van der Waals surface area (Å²) in [6.07, 6.45) is 0.436. The number of methoxy groups -OCH3 is 2. The van der Waals surface area contributed by atoms with Crippen LogP contribution in [0.15, 0.2) is 23.1 Å². The van der Waals surface area contributed by atoms with Crippen molar-refractivity contribution in [2.45, 2.75) is 30.4 Å². The van der Waals surface area contributed by atoms with Crippen LogP contribution in [0.1, 0.15) is 12.0 Å². The Bertz CT molecular complexity index is 605. The van der Waals surface area contributed by atoms with Gasteiger partial charge in [-0.25, -0.2) is 12.8 Å². The normalized spacial score (nSPS) is 23.6. The Morgan fingerprint density at radius 1 is 1.38 bits per heavy atom. The molecular weight excluding hydrogens is 297 g/mol. The summed E-state index contributed by atoms with van der Waals surface area (Å²) in [6, 6.07) is 3.56. The lowest BCUT2D eigenvalue weighted by Crippen LogP contribution is -2.38. The highest BCUT2D eigenvalue weighted by molar-refractivity contribution is 7.89. The highest BCUT2D eigenvalue weighted by Gasteiger charge is 2.40. The van der Waals surface area contributed by atoms with Crippen molar-refractivity contribution in [3.63, 3.8) is 0 Å². The molecule has 1 heterocycles. The first kappa shape index (κ1) is 16.4. The second kappa shape index (κ2) is 6.39. The fraction of sp³-hybridized carbons (Fsp3) is 0.571. The minimum absolute atomic E-state index is 0.0965. The minimum Gasteiger partial charge on any atom is -0.383 e. The van der Waals surface area contributed by atoms with Crippen molar-refractivity contribution in [1.29, 1.82) is 0 Å². The number of nitrogens with zero attached hydrogens (tertiary/aromatic N) is 1. The van der Waals surface area contributed by atoms with Crippen LogP contribution in [-0.2, 0) is 19.5 Å². The molecule has 7 heteroatoms. The van der Waals surface area contributed by atoms with Crippen molar-refractivity contribution >= 4 is 10.0 Å². The first-order chi connectivity index (χ1) is 9.90. The van der Waals surface area contributed by atoms with Gasteiger partial charge in [-0.1, -0.05) is 0 Å². The first-order valence-corrected chi connectivity index (χ1v) is 8.14. The number of rotatable bonds is 5. The van der Waals surface area contributed by atoms with Gasteiger partial charge in [0.2, 0.25) is 10.0 Å². The smallest absolute Gasteiger partial charge is 0.243 e. The monoisotopic (exact) mass is 317 g/mol. The minimum atomic E-state index is -3.69. The van der Waals surface area contributed by atoms with Gasteiger partial charge in [-0.05, 0) is 37.1 Å². The van der Waals surface area contributed by atoms with Crippen molar-refractivity contribution < 1.29 is 22.3 Å². The van der Waals surface area contributed by atoms with Gasteiger partial charge in [0.15, 0.2) is 0 Å². The molecule has 1 aromatic rings. The van der Waals surface area contributed by atoms with Crippen LogP contribution >= 0.6 is 0 Å². The molecule has 0 unspecified atom stereocenters. The summed E-state index contributed by atoms with van der Waals surface area (Å²) >= 11 is 0. The zero-order chi connectivity index (χ0) is 15.6. The third-order valence-electron chi connectivity index (χ3n) is 3.75. The van der Waals surface area contributed by atoms with Crippen molar-refractivity contribution in [2.24, 2.45) is 0 Å². The van der Waals surface area contributed by atoms with E-state index in [0.29, 0.717) is 18.6 Å². The van der Waals surface area contributed by atoms with Crippen LogP contribution in [0.4, 0.5) is 4.39 Å². The van der Waals surface area contributed by atoms with Gasteiger partial charge in [0.05, 0.1) is 23.6 Å². The summed E-state index contributed by atoms with van der Waals surface area (Å²) in [5.41, 5.74) is 0.307. The number of benzene rings is 1. The fourth-order valence-corrected chi connectivity index (χ4v) is 4.31. The third kappa shape index (κ3) is 3.26. The van der Waals surface area contributed by atoms with E-state index in [1.54, 1.807) is 14.0 Å². The van der Waals surface area contributed by atoms with Gasteiger partial charge in [-0.2, -0.15) is 4.31 Å². The van der Waals surface area contributed by atoms with E-state index >= 15 is 0 Å². The largest absolute Gasteiger partial charge is 0.383 e. The maximum Gasteiger partial charge on any atom is 0.243 e. The number of aryl methyl sites for hydroxylation is 1. The molecule has 1 aromatic carbocycles. The Morgan fingerprint density at radius 2 is 2.10 bits per heavy atom. The maximum atomic E-state index is 13.3. The van der Waals surface area contributed by atoms with E-state index < -0.39 is 15.8 Å². The van der Waals surface area contributed by atoms with Gasteiger partial charge in [0.25, 0.3) is 0 Å². The summed E-state index contributed by atoms with van der Waals surface area (Å²) in [5, 5.41) is 0. The fourth-order valence-electron chi connectivity index (χ4n) is 2.57. The summed E-state index contributed by atoms with van der Waals surface area (Å²) < 4.78 is 50.6. The molecule has 0 bridgehead atoms. The molecule has 118 valence electrons. The van der Waals surface area contributed by atoms with Crippen molar-refractivity contribution in [2.75, 3.05) is 27.4 Å². The highest BCUT2D eigenvalue weighted by Crippen LogP contribution is 2.28. The molecule has 1 fully saturated rings. The zero-order valence-corrected chi connectivity index (χ0v) is 13.2. The Morgan fingerprint density at radius 3 is 2.67 bits per heavy atom. The van der Waals surface area contributed by atoms with Crippen LogP contribution in [0, 0.1) is 12.7 Å². The van der Waals surface area contributed by atoms with E-state index in [1.807, 2.05) is 0 Å². The molecule has 0 N–H and O–H groups in total. The van der Waals surface area contributed by atoms with Crippen LogP contribution in [0.25, 0.3) is 0 Å². The summed E-state index contributed by atoms with van der Waals surface area (Å²) in [7, 11) is -0.589. The number of sulfonamides is 1.